The third-order valence-electron chi connectivity index (χ3n) is 6.53. The van der Waals surface area contributed by atoms with Crippen LogP contribution in [0.15, 0.2) is 60.9 Å². The molecule has 0 unspecified atom stereocenters. The Hall–Kier alpha value is -4.47. The number of benzene rings is 2. The van der Waals surface area contributed by atoms with E-state index in [9.17, 15) is 9.59 Å². The van der Waals surface area contributed by atoms with Crippen LogP contribution in [0.4, 0.5) is 5.82 Å². The van der Waals surface area contributed by atoms with E-state index in [4.69, 9.17) is 21.3 Å². The maximum absolute atomic E-state index is 12.8. The van der Waals surface area contributed by atoms with E-state index in [0.29, 0.717) is 54.2 Å². The summed E-state index contributed by atoms with van der Waals surface area (Å²) in [5.74, 6) is 1.45. The summed E-state index contributed by atoms with van der Waals surface area (Å²) in [4.78, 5) is 34.3. The van der Waals surface area contributed by atoms with Crippen molar-refractivity contribution in [2.75, 3.05) is 18.8 Å². The maximum Gasteiger partial charge on any atom is 0.222 e. The number of carbonyl (C=O) groups is 2. The Morgan fingerprint density at radius 2 is 1.76 bits per heavy atom. The molecule has 0 bridgehead atoms. The zero-order chi connectivity index (χ0) is 25.8. The van der Waals surface area contributed by atoms with Gasteiger partial charge in [0.05, 0.1) is 11.4 Å². The topological polar surface area (TPSA) is 142 Å². The molecule has 3 heterocycles. The molecule has 1 aliphatic rings. The molecule has 4 N–H and O–H groups in total. The summed E-state index contributed by atoms with van der Waals surface area (Å²) in [5, 5.41) is 5.62. The van der Waals surface area contributed by atoms with Gasteiger partial charge in [0.15, 0.2) is 5.65 Å². The van der Waals surface area contributed by atoms with Gasteiger partial charge in [-0.2, -0.15) is 5.10 Å². The summed E-state index contributed by atoms with van der Waals surface area (Å²) in [6.45, 7) is 1.19. The fourth-order valence-electron chi connectivity index (χ4n) is 4.71. The highest BCUT2D eigenvalue weighted by Crippen LogP contribution is 2.35. The Bertz CT molecular complexity index is 1400. The Kier molecular flexibility index (Phi) is 6.98. The molecular formula is C27H29N7O3. The van der Waals surface area contributed by atoms with Gasteiger partial charge in [-0.05, 0) is 55.7 Å². The van der Waals surface area contributed by atoms with Crippen LogP contribution in [0.5, 0.6) is 11.5 Å². The number of likely N-dealkylation sites (tertiary alicyclic amines) is 1. The Morgan fingerprint density at radius 3 is 2.51 bits per heavy atom. The Morgan fingerprint density at radius 1 is 1.00 bits per heavy atom. The van der Waals surface area contributed by atoms with Gasteiger partial charge in [0.2, 0.25) is 11.8 Å². The third kappa shape index (κ3) is 5.37. The van der Waals surface area contributed by atoms with Gasteiger partial charge >= 0.3 is 0 Å². The van der Waals surface area contributed by atoms with Crippen LogP contribution in [0.25, 0.3) is 22.3 Å². The minimum Gasteiger partial charge on any atom is -0.457 e. The number of para-hydroxylation sites is 1. The summed E-state index contributed by atoms with van der Waals surface area (Å²) in [6, 6.07) is 17.2. The van der Waals surface area contributed by atoms with Crippen molar-refractivity contribution in [1.82, 2.24) is 24.6 Å². The molecule has 2 amide bonds. The molecule has 10 nitrogen and oxygen atoms in total. The van der Waals surface area contributed by atoms with Crippen LogP contribution in [0, 0.1) is 0 Å². The van der Waals surface area contributed by atoms with E-state index in [1.165, 1.54) is 6.33 Å². The zero-order valence-corrected chi connectivity index (χ0v) is 20.4. The number of piperidine rings is 1. The van der Waals surface area contributed by atoms with E-state index in [1.54, 1.807) is 0 Å². The number of anilines is 1. The fraction of sp³-hybridized carbons (Fsp3) is 0.296. The fourth-order valence-corrected chi connectivity index (χ4v) is 4.71. The second-order valence-electron chi connectivity index (χ2n) is 9.15. The van der Waals surface area contributed by atoms with Crippen LogP contribution in [0.2, 0.25) is 0 Å². The van der Waals surface area contributed by atoms with E-state index < -0.39 is 5.91 Å². The van der Waals surface area contributed by atoms with E-state index in [2.05, 4.69) is 9.97 Å². The van der Waals surface area contributed by atoms with Gasteiger partial charge in [0.1, 0.15) is 29.3 Å². The number of nitrogens with zero attached hydrogens (tertiary/aromatic N) is 5. The van der Waals surface area contributed by atoms with Crippen molar-refractivity contribution in [3.8, 4) is 22.8 Å². The number of rotatable bonds is 8. The number of hydrogen-bond donors (Lipinski definition) is 2. The molecule has 2 aromatic heterocycles. The van der Waals surface area contributed by atoms with Crippen molar-refractivity contribution < 1.29 is 14.3 Å². The molecule has 0 aliphatic carbocycles. The van der Waals surface area contributed by atoms with Crippen molar-refractivity contribution in [3.05, 3.63) is 60.9 Å². The van der Waals surface area contributed by atoms with E-state index in [0.717, 1.165) is 24.2 Å². The minimum absolute atomic E-state index is 0.0192. The second kappa shape index (κ2) is 10.7. The molecule has 1 atom stereocenters. The van der Waals surface area contributed by atoms with Crippen LogP contribution in [0.1, 0.15) is 38.1 Å². The third-order valence-corrected chi connectivity index (χ3v) is 6.53. The molecule has 190 valence electrons. The molecule has 0 saturated carbocycles. The highest BCUT2D eigenvalue weighted by Gasteiger charge is 2.28. The molecule has 1 fully saturated rings. The van der Waals surface area contributed by atoms with Gasteiger partial charge in [0, 0.05) is 31.5 Å². The van der Waals surface area contributed by atoms with Crippen LogP contribution in [-0.4, -0.2) is 49.6 Å². The number of amides is 2. The summed E-state index contributed by atoms with van der Waals surface area (Å²) >= 11 is 0. The lowest BCUT2D eigenvalue weighted by Gasteiger charge is -2.33. The first kappa shape index (κ1) is 24.2. The molecule has 10 heteroatoms. The SMILES string of the molecule is NC(=O)CCCC(=O)N1CCC[C@@H](n2nc(-c3ccc(Oc4ccccc4)cc3)c3c(N)ncnc32)C1. The lowest BCUT2D eigenvalue weighted by Crippen LogP contribution is -2.41. The van der Waals surface area contributed by atoms with Crippen molar-refractivity contribution in [3.63, 3.8) is 0 Å². The normalized spacial score (nSPS) is 15.6. The smallest absolute Gasteiger partial charge is 0.222 e. The van der Waals surface area contributed by atoms with Crippen LogP contribution < -0.4 is 16.2 Å². The molecule has 4 aromatic rings. The van der Waals surface area contributed by atoms with Crippen molar-refractivity contribution in [2.24, 2.45) is 5.73 Å². The quantitative estimate of drug-likeness (QED) is 0.376. The Labute approximate surface area is 214 Å². The number of nitrogen functional groups attached to an aromatic ring is 1. The molecule has 0 spiro atoms. The number of ether oxygens (including phenoxy) is 1. The minimum atomic E-state index is -0.392. The average molecular weight is 500 g/mol. The van der Waals surface area contributed by atoms with Crippen LogP contribution in [-0.2, 0) is 9.59 Å². The predicted octanol–water partition coefficient (Wildman–Crippen LogP) is 3.69. The van der Waals surface area contributed by atoms with Crippen LogP contribution >= 0.6 is 0 Å². The molecule has 1 saturated heterocycles. The zero-order valence-electron chi connectivity index (χ0n) is 20.4. The van der Waals surface area contributed by atoms with E-state index in [1.807, 2.05) is 64.2 Å². The van der Waals surface area contributed by atoms with E-state index >= 15 is 0 Å². The number of fused-ring (bicyclic) bond motifs is 1. The largest absolute Gasteiger partial charge is 0.457 e. The highest BCUT2D eigenvalue weighted by molar-refractivity contribution is 5.98. The lowest BCUT2D eigenvalue weighted by molar-refractivity contribution is -0.133. The van der Waals surface area contributed by atoms with Crippen molar-refractivity contribution in [2.45, 2.75) is 38.1 Å². The first-order valence-electron chi connectivity index (χ1n) is 12.4. The summed E-state index contributed by atoms with van der Waals surface area (Å²) in [7, 11) is 0. The van der Waals surface area contributed by atoms with Gasteiger partial charge in [-0.15, -0.1) is 0 Å². The monoisotopic (exact) mass is 499 g/mol. The maximum atomic E-state index is 12.8. The first-order valence-corrected chi connectivity index (χ1v) is 12.4. The van der Waals surface area contributed by atoms with Gasteiger partial charge < -0.3 is 21.1 Å². The molecular weight excluding hydrogens is 470 g/mol. The predicted molar refractivity (Wildman–Crippen MR) is 140 cm³/mol. The first-order chi connectivity index (χ1) is 18.0. The summed E-state index contributed by atoms with van der Waals surface area (Å²) in [5.41, 5.74) is 13.7. The van der Waals surface area contributed by atoms with E-state index in [-0.39, 0.29) is 18.4 Å². The summed E-state index contributed by atoms with van der Waals surface area (Å²) < 4.78 is 7.79. The van der Waals surface area contributed by atoms with Gasteiger partial charge in [-0.3, -0.25) is 9.59 Å². The number of hydrogen-bond acceptors (Lipinski definition) is 7. The number of carbonyl (C=O) groups excluding carboxylic acids is 2. The van der Waals surface area contributed by atoms with Crippen LogP contribution in [0.3, 0.4) is 0 Å². The lowest BCUT2D eigenvalue weighted by atomic mass is 10.0. The molecule has 2 aromatic carbocycles. The standard InChI is InChI=1S/C27H29N7O3/c28-22(35)9-4-10-23(36)33-15-5-6-19(16-33)34-27-24(26(29)30-17-31-27)25(32-34)18-11-13-21(14-12-18)37-20-7-2-1-3-8-20/h1-3,7-8,11-14,17,19H,4-6,9-10,15-16H2,(H2,28,35)(H2,29,30,31)/t19-/m1/s1. The van der Waals surface area contributed by atoms with Crippen molar-refractivity contribution in [1.29, 1.82) is 0 Å². The average Bonchev–Trinajstić information content (AvgIpc) is 3.31. The highest BCUT2D eigenvalue weighted by atomic mass is 16.5. The Balaban J connectivity index is 1.40. The number of nitrogens with two attached hydrogens (primary N) is 2. The van der Waals surface area contributed by atoms with Gasteiger partial charge in [0.25, 0.3) is 0 Å². The number of aromatic nitrogens is 4. The van der Waals surface area contributed by atoms with Gasteiger partial charge in [-0.25, -0.2) is 14.6 Å². The van der Waals surface area contributed by atoms with Gasteiger partial charge in [-0.1, -0.05) is 18.2 Å². The molecule has 37 heavy (non-hydrogen) atoms. The molecule has 1 aliphatic heterocycles. The number of primary amides is 1. The molecule has 5 rings (SSSR count). The van der Waals surface area contributed by atoms with Crippen molar-refractivity contribution >= 4 is 28.7 Å². The summed E-state index contributed by atoms with van der Waals surface area (Å²) in [6.07, 6.45) is 4.10. The molecule has 0 radical (unpaired) electrons. The second-order valence-corrected chi connectivity index (χ2v) is 9.15.